The molecule has 9 nitrogen and oxygen atoms in total. The number of β-amino-alcohol motifs (C(OH)–C–C–N with tert-alkyl or cyclic N) is 1. The molecular weight excluding hydrogens is 392 g/mol. The number of hydrogen-bond donors (Lipinski definition) is 2. The van der Waals surface area contributed by atoms with E-state index in [0.29, 0.717) is 12.6 Å². The third-order valence-electron chi connectivity index (χ3n) is 6.23. The predicted octanol–water partition coefficient (Wildman–Crippen LogP) is 2.71. The van der Waals surface area contributed by atoms with Crippen molar-refractivity contribution in [2.45, 2.75) is 51.3 Å². The van der Waals surface area contributed by atoms with Crippen molar-refractivity contribution in [1.29, 1.82) is 0 Å². The van der Waals surface area contributed by atoms with E-state index in [2.05, 4.69) is 40.7 Å². The van der Waals surface area contributed by atoms with Gasteiger partial charge in [-0.3, -0.25) is 9.36 Å². The number of hydrogen-bond acceptors (Lipinski definition) is 6. The van der Waals surface area contributed by atoms with Crippen molar-refractivity contribution in [2.75, 3.05) is 13.1 Å². The Balaban J connectivity index is 1.53. The smallest absolute Gasteiger partial charge is 0.0999 e. The zero-order chi connectivity index (χ0) is 21.4. The molecule has 0 aromatic carbocycles. The molecule has 0 spiro atoms. The lowest BCUT2D eigenvalue weighted by atomic mass is 10.0. The summed E-state index contributed by atoms with van der Waals surface area (Å²) in [6, 6.07) is 2.32. The van der Waals surface area contributed by atoms with Crippen molar-refractivity contribution < 1.29 is 5.11 Å². The van der Waals surface area contributed by atoms with Gasteiger partial charge in [0.05, 0.1) is 59.9 Å². The van der Waals surface area contributed by atoms with Crippen LogP contribution in [0.1, 0.15) is 45.2 Å². The zero-order valence-electron chi connectivity index (χ0n) is 17.9. The first-order chi connectivity index (χ1) is 15.2. The highest BCUT2D eigenvalue weighted by Gasteiger charge is 2.25. The lowest BCUT2D eigenvalue weighted by Gasteiger charge is -2.28. The molecule has 9 heteroatoms. The second-order valence-electron chi connectivity index (χ2n) is 8.15. The van der Waals surface area contributed by atoms with Crippen LogP contribution < -0.4 is 5.32 Å². The number of nitrogens with zero attached hydrogens (tertiary/aromatic N) is 7. The van der Waals surface area contributed by atoms with E-state index in [1.165, 1.54) is 0 Å². The van der Waals surface area contributed by atoms with Crippen LogP contribution in [0.3, 0.4) is 0 Å². The highest BCUT2D eigenvalue weighted by Crippen LogP contribution is 2.29. The van der Waals surface area contributed by atoms with E-state index in [1.807, 2.05) is 44.7 Å². The van der Waals surface area contributed by atoms with Gasteiger partial charge in [0.2, 0.25) is 0 Å². The zero-order valence-corrected chi connectivity index (χ0v) is 17.9. The van der Waals surface area contributed by atoms with Gasteiger partial charge in [-0.05, 0) is 31.9 Å². The summed E-state index contributed by atoms with van der Waals surface area (Å²) >= 11 is 0. The molecule has 0 radical (unpaired) electrons. The van der Waals surface area contributed by atoms with Crippen molar-refractivity contribution in [3.63, 3.8) is 0 Å². The van der Waals surface area contributed by atoms with Crippen molar-refractivity contribution in [3.8, 4) is 22.5 Å². The third kappa shape index (κ3) is 3.64. The Morgan fingerprint density at radius 3 is 2.74 bits per heavy atom. The molecule has 4 aromatic rings. The van der Waals surface area contributed by atoms with Gasteiger partial charge in [0.1, 0.15) is 0 Å². The molecule has 1 aliphatic rings. The van der Waals surface area contributed by atoms with E-state index in [9.17, 15) is 5.11 Å². The summed E-state index contributed by atoms with van der Waals surface area (Å²) in [7, 11) is 0. The maximum atomic E-state index is 10.3. The molecule has 5 heterocycles. The second kappa shape index (κ2) is 8.24. The highest BCUT2D eigenvalue weighted by molar-refractivity contribution is 5.78. The molecule has 0 saturated carbocycles. The van der Waals surface area contributed by atoms with Crippen molar-refractivity contribution in [2.24, 2.45) is 0 Å². The monoisotopic (exact) mass is 420 g/mol. The molecule has 31 heavy (non-hydrogen) atoms. The summed E-state index contributed by atoms with van der Waals surface area (Å²) in [5.74, 6) is 0. The van der Waals surface area contributed by atoms with Crippen LogP contribution in [-0.4, -0.2) is 58.5 Å². The minimum Gasteiger partial charge on any atom is -0.390 e. The standard InChI is InChI=1S/C22H28N8O/c1-3-17(4-2)28-13-16(10-25-28)22-20-6-8-24-30(20)14-18(27-22)15-9-26-29(12-15)19-5-7-23-11-21(19)31/h6,8-10,12-14,17,19,21,23,31H,3-5,7,11H2,1-2H3/t19-,21-/m1/s1. The Kier molecular flexibility index (Phi) is 5.29. The molecule has 162 valence electrons. The molecule has 1 aliphatic heterocycles. The summed E-state index contributed by atoms with van der Waals surface area (Å²) in [5.41, 5.74) is 4.45. The molecule has 4 aromatic heterocycles. The van der Waals surface area contributed by atoms with Gasteiger partial charge in [-0.25, -0.2) is 9.50 Å². The fourth-order valence-electron chi connectivity index (χ4n) is 4.39. The number of rotatable bonds is 6. The Morgan fingerprint density at radius 2 is 1.94 bits per heavy atom. The Morgan fingerprint density at radius 1 is 1.10 bits per heavy atom. The van der Waals surface area contributed by atoms with Crippen LogP contribution in [0.25, 0.3) is 28.0 Å². The van der Waals surface area contributed by atoms with Gasteiger partial charge in [0.25, 0.3) is 0 Å². The average Bonchev–Trinajstić information content (AvgIpc) is 3.54. The quantitative estimate of drug-likeness (QED) is 0.498. The normalized spacial score (nSPS) is 19.5. The molecule has 0 aliphatic carbocycles. The lowest BCUT2D eigenvalue weighted by molar-refractivity contribution is 0.0810. The van der Waals surface area contributed by atoms with Crippen LogP contribution in [0.15, 0.2) is 43.2 Å². The van der Waals surface area contributed by atoms with E-state index in [-0.39, 0.29) is 6.04 Å². The maximum Gasteiger partial charge on any atom is 0.0999 e. The largest absolute Gasteiger partial charge is 0.390 e. The van der Waals surface area contributed by atoms with Crippen molar-refractivity contribution in [1.82, 2.24) is 39.5 Å². The summed E-state index contributed by atoms with van der Waals surface area (Å²) in [6.07, 6.45) is 13.9. The number of nitrogens with one attached hydrogen (secondary N) is 1. The van der Waals surface area contributed by atoms with Gasteiger partial charge in [-0.2, -0.15) is 15.3 Å². The SMILES string of the molecule is CCC(CC)n1cc(-c2nc(-c3cnn([C@@H]4CCNC[C@H]4O)c3)cn3nccc23)cn1. The van der Waals surface area contributed by atoms with Crippen molar-refractivity contribution in [3.05, 3.63) is 43.2 Å². The molecule has 2 atom stereocenters. The van der Waals surface area contributed by atoms with E-state index in [1.54, 1.807) is 6.20 Å². The lowest BCUT2D eigenvalue weighted by Crippen LogP contribution is -2.41. The van der Waals surface area contributed by atoms with Crippen molar-refractivity contribution >= 4 is 5.52 Å². The van der Waals surface area contributed by atoms with Crippen LogP contribution in [0.2, 0.25) is 0 Å². The van der Waals surface area contributed by atoms with Crippen LogP contribution in [0.4, 0.5) is 0 Å². The summed E-state index contributed by atoms with van der Waals surface area (Å²) < 4.78 is 5.75. The van der Waals surface area contributed by atoms with Gasteiger partial charge < -0.3 is 10.4 Å². The minimum atomic E-state index is -0.450. The van der Waals surface area contributed by atoms with Gasteiger partial charge in [-0.1, -0.05) is 13.8 Å². The Labute approximate surface area is 180 Å². The van der Waals surface area contributed by atoms with E-state index >= 15 is 0 Å². The molecule has 0 bridgehead atoms. The van der Waals surface area contributed by atoms with Crippen LogP contribution in [0, 0.1) is 0 Å². The first-order valence-corrected chi connectivity index (χ1v) is 11.0. The first kappa shape index (κ1) is 19.9. The summed E-state index contributed by atoms with van der Waals surface area (Å²) in [5, 5.41) is 27.1. The second-order valence-corrected chi connectivity index (χ2v) is 8.15. The number of fused-ring (bicyclic) bond motifs is 1. The molecule has 5 rings (SSSR count). The summed E-state index contributed by atoms with van der Waals surface area (Å²) in [4.78, 5) is 4.97. The van der Waals surface area contributed by atoms with Gasteiger partial charge in [0, 0.05) is 30.1 Å². The molecule has 0 amide bonds. The van der Waals surface area contributed by atoms with Crippen LogP contribution >= 0.6 is 0 Å². The number of aliphatic hydroxyl groups is 1. The first-order valence-electron chi connectivity index (χ1n) is 11.0. The number of aliphatic hydroxyl groups excluding tert-OH is 1. The predicted molar refractivity (Wildman–Crippen MR) is 118 cm³/mol. The highest BCUT2D eigenvalue weighted by atomic mass is 16.3. The van der Waals surface area contributed by atoms with E-state index in [0.717, 1.165) is 53.8 Å². The topological polar surface area (TPSA) is 98.1 Å². The van der Waals surface area contributed by atoms with E-state index in [4.69, 9.17) is 4.98 Å². The van der Waals surface area contributed by atoms with Crippen LogP contribution in [-0.2, 0) is 0 Å². The van der Waals surface area contributed by atoms with E-state index < -0.39 is 6.10 Å². The Hall–Kier alpha value is -3.04. The number of aromatic nitrogens is 7. The summed E-state index contributed by atoms with van der Waals surface area (Å²) in [6.45, 7) is 5.82. The molecule has 0 unspecified atom stereocenters. The fourth-order valence-corrected chi connectivity index (χ4v) is 4.39. The maximum absolute atomic E-state index is 10.3. The van der Waals surface area contributed by atoms with Gasteiger partial charge >= 0.3 is 0 Å². The van der Waals surface area contributed by atoms with Gasteiger partial charge in [0.15, 0.2) is 0 Å². The molecule has 2 N–H and O–H groups in total. The third-order valence-corrected chi connectivity index (χ3v) is 6.23. The average molecular weight is 421 g/mol. The fraction of sp³-hybridized carbons (Fsp3) is 0.455. The van der Waals surface area contributed by atoms with Gasteiger partial charge in [-0.15, -0.1) is 0 Å². The minimum absolute atomic E-state index is 0.0267. The molecule has 1 fully saturated rings. The molecule has 1 saturated heterocycles. The number of piperidine rings is 1. The van der Waals surface area contributed by atoms with Crippen LogP contribution in [0.5, 0.6) is 0 Å². The molecular formula is C22H28N8O. The Bertz CT molecular complexity index is 1170.